The quantitative estimate of drug-likeness (QED) is 0.866. The van der Waals surface area contributed by atoms with E-state index in [1.54, 1.807) is 4.90 Å². The third-order valence-electron chi connectivity index (χ3n) is 4.35. The molecule has 0 spiro atoms. The molecule has 2 aliphatic rings. The lowest BCUT2D eigenvalue weighted by Crippen LogP contribution is -2.39. The molecule has 1 N–H and O–H groups in total. The number of hydrogen-bond acceptors (Lipinski definition) is 3. The van der Waals surface area contributed by atoms with Crippen LogP contribution in [0.3, 0.4) is 0 Å². The normalized spacial score (nSPS) is 21.0. The number of rotatable bonds is 1. The van der Waals surface area contributed by atoms with Crippen molar-refractivity contribution >= 4 is 11.7 Å². The summed E-state index contributed by atoms with van der Waals surface area (Å²) in [6.45, 7) is 6.92. The number of hydrogen-bond donors (Lipinski definition) is 1. The summed E-state index contributed by atoms with van der Waals surface area (Å²) in [5, 5.41) is 9.77. The zero-order valence-electron chi connectivity index (χ0n) is 14.1. The van der Waals surface area contributed by atoms with E-state index in [1.807, 2.05) is 20.8 Å². The van der Waals surface area contributed by atoms with Crippen LogP contribution in [-0.4, -0.2) is 40.9 Å². The highest BCUT2D eigenvalue weighted by molar-refractivity contribution is 5.73. The van der Waals surface area contributed by atoms with Crippen LogP contribution in [-0.2, 0) is 17.6 Å². The second kappa shape index (κ2) is 6.00. The molecule has 1 unspecified atom stereocenters. The molecule has 1 atom stereocenters. The Balaban J connectivity index is 1.68. The topological polar surface area (TPSA) is 49.8 Å². The lowest BCUT2D eigenvalue weighted by atomic mass is 9.96. The van der Waals surface area contributed by atoms with E-state index in [0.717, 1.165) is 19.3 Å². The van der Waals surface area contributed by atoms with Crippen molar-refractivity contribution < 1.29 is 14.6 Å². The van der Waals surface area contributed by atoms with Gasteiger partial charge in [0.05, 0.1) is 6.10 Å². The van der Waals surface area contributed by atoms with Gasteiger partial charge in [-0.15, -0.1) is 0 Å². The molecule has 1 heterocycles. The van der Waals surface area contributed by atoms with Gasteiger partial charge in [0.25, 0.3) is 0 Å². The highest BCUT2D eigenvalue weighted by Gasteiger charge is 2.25. The summed E-state index contributed by atoms with van der Waals surface area (Å²) < 4.78 is 5.42. The number of fused-ring (bicyclic) bond motifs is 1. The number of nitrogens with zero attached hydrogens (tertiary/aromatic N) is 1. The third kappa shape index (κ3) is 3.75. The lowest BCUT2D eigenvalue weighted by Gasteiger charge is -2.29. The van der Waals surface area contributed by atoms with Crippen molar-refractivity contribution in [3.8, 4) is 0 Å². The van der Waals surface area contributed by atoms with Gasteiger partial charge >= 0.3 is 6.09 Å². The molecular formula is C19H25NO3. The van der Waals surface area contributed by atoms with Crippen LogP contribution in [0.5, 0.6) is 0 Å². The van der Waals surface area contributed by atoms with Gasteiger partial charge in [-0.2, -0.15) is 0 Å². The van der Waals surface area contributed by atoms with Gasteiger partial charge in [0.2, 0.25) is 0 Å². The number of carbonyl (C=O) groups is 1. The van der Waals surface area contributed by atoms with Crippen molar-refractivity contribution in [2.75, 3.05) is 13.1 Å². The average molecular weight is 315 g/mol. The Morgan fingerprint density at radius 3 is 2.65 bits per heavy atom. The van der Waals surface area contributed by atoms with E-state index in [1.165, 1.54) is 22.3 Å². The molecule has 4 nitrogen and oxygen atoms in total. The predicted molar refractivity (Wildman–Crippen MR) is 90.3 cm³/mol. The number of amides is 1. The minimum absolute atomic E-state index is 0.233. The second-order valence-electron chi connectivity index (χ2n) is 7.45. The van der Waals surface area contributed by atoms with E-state index < -0.39 is 5.60 Å². The number of ether oxygens (including phenoxy) is 1. The smallest absolute Gasteiger partial charge is 0.410 e. The maximum Gasteiger partial charge on any atom is 0.410 e. The monoisotopic (exact) mass is 315 g/mol. The van der Waals surface area contributed by atoms with Crippen molar-refractivity contribution in [2.45, 2.75) is 51.7 Å². The predicted octanol–water partition coefficient (Wildman–Crippen LogP) is 3.17. The number of benzene rings is 1. The SMILES string of the molecule is CC(C)(C)OC(=O)N1CC=C(c2ccc3c(c2)CC(O)C3)CC1. The fourth-order valence-corrected chi connectivity index (χ4v) is 3.22. The third-order valence-corrected chi connectivity index (χ3v) is 4.35. The highest BCUT2D eigenvalue weighted by Crippen LogP contribution is 2.29. The zero-order valence-corrected chi connectivity index (χ0v) is 14.1. The van der Waals surface area contributed by atoms with Crippen molar-refractivity contribution in [2.24, 2.45) is 0 Å². The maximum absolute atomic E-state index is 12.1. The van der Waals surface area contributed by atoms with Crippen LogP contribution in [0.25, 0.3) is 5.57 Å². The van der Waals surface area contributed by atoms with Crippen molar-refractivity contribution in [3.05, 3.63) is 41.0 Å². The molecule has 0 fully saturated rings. The first-order chi connectivity index (χ1) is 10.8. The molecular weight excluding hydrogens is 290 g/mol. The van der Waals surface area contributed by atoms with Gasteiger partial charge in [-0.3, -0.25) is 0 Å². The van der Waals surface area contributed by atoms with Crippen molar-refractivity contribution in [1.29, 1.82) is 0 Å². The van der Waals surface area contributed by atoms with E-state index in [0.29, 0.717) is 13.1 Å². The molecule has 0 aromatic heterocycles. The first-order valence-electron chi connectivity index (χ1n) is 8.29. The molecule has 1 aliphatic carbocycles. The van der Waals surface area contributed by atoms with E-state index in [4.69, 9.17) is 4.74 Å². The summed E-state index contributed by atoms with van der Waals surface area (Å²) in [7, 11) is 0. The van der Waals surface area contributed by atoms with Crippen LogP contribution in [0.4, 0.5) is 4.79 Å². The van der Waals surface area contributed by atoms with Crippen LogP contribution in [0.2, 0.25) is 0 Å². The van der Waals surface area contributed by atoms with Crippen molar-refractivity contribution in [1.82, 2.24) is 4.90 Å². The Morgan fingerprint density at radius 1 is 1.26 bits per heavy atom. The van der Waals surface area contributed by atoms with Gasteiger partial charge in [0.15, 0.2) is 0 Å². The molecule has 23 heavy (non-hydrogen) atoms. The first kappa shape index (κ1) is 16.1. The lowest BCUT2D eigenvalue weighted by molar-refractivity contribution is 0.0270. The minimum Gasteiger partial charge on any atom is -0.444 e. The zero-order chi connectivity index (χ0) is 16.6. The van der Waals surface area contributed by atoms with Crippen LogP contribution in [0.15, 0.2) is 24.3 Å². The molecule has 1 aromatic rings. The van der Waals surface area contributed by atoms with Crippen LogP contribution >= 0.6 is 0 Å². The molecule has 1 aliphatic heterocycles. The molecule has 3 rings (SSSR count). The van der Waals surface area contributed by atoms with E-state index in [-0.39, 0.29) is 12.2 Å². The van der Waals surface area contributed by atoms with Gasteiger partial charge in [-0.05, 0) is 62.3 Å². The van der Waals surface area contributed by atoms with Crippen molar-refractivity contribution in [3.63, 3.8) is 0 Å². The molecule has 1 amide bonds. The van der Waals surface area contributed by atoms with Gasteiger partial charge < -0.3 is 14.7 Å². The molecule has 4 heteroatoms. The first-order valence-corrected chi connectivity index (χ1v) is 8.29. The fourth-order valence-electron chi connectivity index (χ4n) is 3.22. The number of carbonyl (C=O) groups excluding carboxylic acids is 1. The number of aliphatic hydroxyl groups excluding tert-OH is 1. The number of aliphatic hydroxyl groups is 1. The Labute approximate surface area is 137 Å². The summed E-state index contributed by atoms with van der Waals surface area (Å²) in [6, 6.07) is 6.45. The summed E-state index contributed by atoms with van der Waals surface area (Å²) >= 11 is 0. The van der Waals surface area contributed by atoms with Crippen LogP contribution < -0.4 is 0 Å². The molecule has 124 valence electrons. The Kier molecular flexibility index (Phi) is 4.19. The standard InChI is InChI=1S/C19H25NO3/c1-19(2,3)23-18(22)20-8-6-13(7-9-20)14-4-5-15-11-17(21)12-16(15)10-14/h4-6,10,17,21H,7-9,11-12H2,1-3H3. The fraction of sp³-hybridized carbons (Fsp3) is 0.526. The largest absolute Gasteiger partial charge is 0.444 e. The Morgan fingerprint density at radius 2 is 2.00 bits per heavy atom. The molecule has 1 aromatic carbocycles. The van der Waals surface area contributed by atoms with E-state index in [2.05, 4.69) is 24.3 Å². The molecule has 0 saturated carbocycles. The van der Waals surface area contributed by atoms with Gasteiger partial charge in [0.1, 0.15) is 5.60 Å². The van der Waals surface area contributed by atoms with Gasteiger partial charge in [-0.1, -0.05) is 24.3 Å². The van der Waals surface area contributed by atoms with E-state index in [9.17, 15) is 9.90 Å². The second-order valence-corrected chi connectivity index (χ2v) is 7.45. The summed E-state index contributed by atoms with van der Waals surface area (Å²) in [5.41, 5.74) is 4.54. The molecule has 0 bridgehead atoms. The molecule has 0 saturated heterocycles. The van der Waals surface area contributed by atoms with Crippen LogP contribution in [0, 0.1) is 0 Å². The highest BCUT2D eigenvalue weighted by atomic mass is 16.6. The Hall–Kier alpha value is -1.81. The van der Waals surface area contributed by atoms with Gasteiger partial charge in [0, 0.05) is 13.1 Å². The maximum atomic E-state index is 12.1. The summed E-state index contributed by atoms with van der Waals surface area (Å²) in [4.78, 5) is 13.8. The summed E-state index contributed by atoms with van der Waals surface area (Å²) in [5.74, 6) is 0. The van der Waals surface area contributed by atoms with Crippen LogP contribution in [0.1, 0.15) is 43.9 Å². The minimum atomic E-state index is -0.456. The van der Waals surface area contributed by atoms with E-state index >= 15 is 0 Å². The van der Waals surface area contributed by atoms with Gasteiger partial charge in [-0.25, -0.2) is 4.79 Å². The Bertz CT molecular complexity index is 643. The summed E-state index contributed by atoms with van der Waals surface area (Å²) in [6.07, 6.45) is 3.98. The average Bonchev–Trinajstić information content (AvgIpc) is 2.84. The molecule has 0 radical (unpaired) electrons.